The summed E-state index contributed by atoms with van der Waals surface area (Å²) in [5, 5.41) is 0. The zero-order valence-electron chi connectivity index (χ0n) is 15.2. The average molecular weight is 358 g/mol. The molecule has 0 aliphatic heterocycles. The number of hydrogen-bond acceptors (Lipinski definition) is 6. The van der Waals surface area contributed by atoms with E-state index in [1.807, 2.05) is 0 Å². The largest absolute Gasteiger partial charge is 0.496 e. The van der Waals surface area contributed by atoms with Crippen molar-refractivity contribution in [2.75, 3.05) is 34.0 Å². The van der Waals surface area contributed by atoms with E-state index in [9.17, 15) is 9.59 Å². The number of nitrogens with zero attached hydrogens (tertiary/aromatic N) is 1. The van der Waals surface area contributed by atoms with Crippen molar-refractivity contribution in [2.45, 2.75) is 6.42 Å². The predicted octanol–water partition coefficient (Wildman–Crippen LogP) is 2.49. The highest BCUT2D eigenvalue weighted by Gasteiger charge is 2.14. The standard InChI is InChI=1S/C19H22N2O5/c1-21(2)18(22)10-12-9-13(6-8-17(12)24-3)26-14-5-7-16(20)15(11-14)19(23)25-4/h5-9,11H,10,20H2,1-4H3. The summed E-state index contributed by atoms with van der Waals surface area (Å²) in [6, 6.07) is 9.91. The summed E-state index contributed by atoms with van der Waals surface area (Å²) in [6.07, 6.45) is 0.183. The van der Waals surface area contributed by atoms with Crippen molar-refractivity contribution in [1.29, 1.82) is 0 Å². The topological polar surface area (TPSA) is 91.1 Å². The quantitative estimate of drug-likeness (QED) is 0.630. The molecule has 2 rings (SSSR count). The monoisotopic (exact) mass is 358 g/mol. The van der Waals surface area contributed by atoms with E-state index in [0.29, 0.717) is 28.5 Å². The number of nitrogen functional groups attached to an aromatic ring is 1. The van der Waals surface area contributed by atoms with Gasteiger partial charge in [0, 0.05) is 25.3 Å². The minimum atomic E-state index is -0.542. The maximum absolute atomic E-state index is 12.0. The molecule has 0 aliphatic rings. The number of benzene rings is 2. The SMILES string of the molecule is COC(=O)c1cc(Oc2ccc(OC)c(CC(=O)N(C)C)c2)ccc1N. The molecule has 2 aromatic carbocycles. The minimum Gasteiger partial charge on any atom is -0.496 e. The van der Waals surface area contributed by atoms with Crippen molar-refractivity contribution in [3.63, 3.8) is 0 Å². The Kier molecular flexibility index (Phi) is 6.06. The molecule has 26 heavy (non-hydrogen) atoms. The summed E-state index contributed by atoms with van der Waals surface area (Å²) in [6.45, 7) is 0. The Labute approximate surface area is 152 Å². The molecule has 7 heteroatoms. The molecule has 7 nitrogen and oxygen atoms in total. The summed E-state index contributed by atoms with van der Waals surface area (Å²) in [7, 11) is 6.21. The first kappa shape index (κ1) is 19.1. The molecule has 1 amide bonds. The van der Waals surface area contributed by atoms with Gasteiger partial charge >= 0.3 is 5.97 Å². The van der Waals surface area contributed by atoms with Gasteiger partial charge in [0.2, 0.25) is 5.91 Å². The van der Waals surface area contributed by atoms with Gasteiger partial charge in [0.25, 0.3) is 0 Å². The lowest BCUT2D eigenvalue weighted by atomic mass is 10.1. The van der Waals surface area contributed by atoms with Crippen LogP contribution in [0.15, 0.2) is 36.4 Å². The van der Waals surface area contributed by atoms with Crippen molar-refractivity contribution in [2.24, 2.45) is 0 Å². The number of esters is 1. The molecule has 0 saturated heterocycles. The lowest BCUT2D eigenvalue weighted by molar-refractivity contribution is -0.127. The van der Waals surface area contributed by atoms with Crippen LogP contribution in [0.5, 0.6) is 17.2 Å². The van der Waals surface area contributed by atoms with Crippen LogP contribution in [0.25, 0.3) is 0 Å². The lowest BCUT2D eigenvalue weighted by Crippen LogP contribution is -2.23. The molecule has 138 valence electrons. The van der Waals surface area contributed by atoms with E-state index in [0.717, 1.165) is 0 Å². The minimum absolute atomic E-state index is 0.0547. The Hall–Kier alpha value is -3.22. The van der Waals surface area contributed by atoms with Crippen LogP contribution in [0.4, 0.5) is 5.69 Å². The van der Waals surface area contributed by atoms with Crippen LogP contribution in [0.1, 0.15) is 15.9 Å². The number of nitrogens with two attached hydrogens (primary N) is 1. The summed E-state index contributed by atoms with van der Waals surface area (Å²) < 4.78 is 15.8. The van der Waals surface area contributed by atoms with Crippen LogP contribution >= 0.6 is 0 Å². The summed E-state index contributed by atoms with van der Waals surface area (Å²) in [5.74, 6) is 0.934. The smallest absolute Gasteiger partial charge is 0.340 e. The molecule has 0 heterocycles. The van der Waals surface area contributed by atoms with Crippen molar-refractivity contribution in [3.05, 3.63) is 47.5 Å². The first-order valence-electron chi connectivity index (χ1n) is 7.88. The van der Waals surface area contributed by atoms with Gasteiger partial charge in [0.15, 0.2) is 0 Å². The number of methoxy groups -OCH3 is 2. The van der Waals surface area contributed by atoms with Gasteiger partial charge in [-0.05, 0) is 36.4 Å². The number of rotatable bonds is 6. The van der Waals surface area contributed by atoms with E-state index in [4.69, 9.17) is 19.9 Å². The van der Waals surface area contributed by atoms with E-state index in [1.165, 1.54) is 18.1 Å². The van der Waals surface area contributed by atoms with E-state index < -0.39 is 5.97 Å². The normalized spacial score (nSPS) is 10.2. The summed E-state index contributed by atoms with van der Waals surface area (Å²) in [5.41, 5.74) is 7.02. The molecule has 0 bridgehead atoms. The fourth-order valence-electron chi connectivity index (χ4n) is 2.30. The fraction of sp³-hybridized carbons (Fsp3) is 0.263. The Morgan fingerprint density at radius 1 is 1.04 bits per heavy atom. The van der Waals surface area contributed by atoms with Crippen molar-refractivity contribution >= 4 is 17.6 Å². The molecule has 2 aromatic rings. The van der Waals surface area contributed by atoms with E-state index in [2.05, 4.69) is 0 Å². The van der Waals surface area contributed by atoms with Gasteiger partial charge < -0.3 is 24.8 Å². The molecular weight excluding hydrogens is 336 g/mol. The third-order valence-electron chi connectivity index (χ3n) is 3.76. The zero-order chi connectivity index (χ0) is 19.3. The Morgan fingerprint density at radius 2 is 1.69 bits per heavy atom. The molecule has 0 radical (unpaired) electrons. The van der Waals surface area contributed by atoms with Gasteiger partial charge in [-0.1, -0.05) is 0 Å². The zero-order valence-corrected chi connectivity index (χ0v) is 15.2. The van der Waals surface area contributed by atoms with Gasteiger partial charge in [-0.15, -0.1) is 0 Å². The molecule has 0 aliphatic carbocycles. The molecule has 0 unspecified atom stereocenters. The second-order valence-electron chi connectivity index (χ2n) is 5.78. The molecule has 0 aromatic heterocycles. The Morgan fingerprint density at radius 3 is 2.31 bits per heavy atom. The van der Waals surface area contributed by atoms with Crippen molar-refractivity contribution < 1.29 is 23.8 Å². The number of amides is 1. The lowest BCUT2D eigenvalue weighted by Gasteiger charge is -2.14. The van der Waals surface area contributed by atoms with Crippen LogP contribution in [-0.4, -0.2) is 45.1 Å². The average Bonchev–Trinajstić information content (AvgIpc) is 2.62. The van der Waals surface area contributed by atoms with Crippen LogP contribution in [-0.2, 0) is 16.0 Å². The number of hydrogen-bond donors (Lipinski definition) is 1. The van der Waals surface area contributed by atoms with Crippen LogP contribution in [0.2, 0.25) is 0 Å². The van der Waals surface area contributed by atoms with Crippen LogP contribution in [0.3, 0.4) is 0 Å². The molecule has 2 N–H and O–H groups in total. The van der Waals surface area contributed by atoms with Crippen LogP contribution < -0.4 is 15.2 Å². The fourth-order valence-corrected chi connectivity index (χ4v) is 2.30. The van der Waals surface area contributed by atoms with Crippen molar-refractivity contribution in [3.8, 4) is 17.2 Å². The summed E-state index contributed by atoms with van der Waals surface area (Å²) in [4.78, 5) is 25.3. The van der Waals surface area contributed by atoms with Crippen LogP contribution in [0, 0.1) is 0 Å². The van der Waals surface area contributed by atoms with E-state index in [-0.39, 0.29) is 17.9 Å². The van der Waals surface area contributed by atoms with E-state index >= 15 is 0 Å². The number of likely N-dealkylation sites (N-methyl/N-ethyl adjacent to an activating group) is 1. The van der Waals surface area contributed by atoms with Gasteiger partial charge in [0.05, 0.1) is 26.2 Å². The second kappa shape index (κ2) is 8.24. The molecule has 0 atom stereocenters. The highest BCUT2D eigenvalue weighted by molar-refractivity contribution is 5.95. The predicted molar refractivity (Wildman–Crippen MR) is 97.7 cm³/mol. The van der Waals surface area contributed by atoms with Gasteiger partial charge in [-0.3, -0.25) is 4.79 Å². The number of anilines is 1. The molecule has 0 fully saturated rings. The molecule has 0 saturated carbocycles. The molecule has 0 spiro atoms. The van der Waals surface area contributed by atoms with E-state index in [1.54, 1.807) is 51.5 Å². The Balaban J connectivity index is 2.30. The number of carbonyl (C=O) groups excluding carboxylic acids is 2. The third kappa shape index (κ3) is 4.44. The highest BCUT2D eigenvalue weighted by Crippen LogP contribution is 2.30. The Bertz CT molecular complexity index is 818. The highest BCUT2D eigenvalue weighted by atomic mass is 16.5. The third-order valence-corrected chi connectivity index (χ3v) is 3.76. The summed E-state index contributed by atoms with van der Waals surface area (Å²) >= 11 is 0. The first-order chi connectivity index (χ1) is 12.3. The second-order valence-corrected chi connectivity index (χ2v) is 5.78. The van der Waals surface area contributed by atoms with Gasteiger partial charge in [-0.25, -0.2) is 4.79 Å². The maximum atomic E-state index is 12.0. The number of carbonyl (C=O) groups is 2. The first-order valence-corrected chi connectivity index (χ1v) is 7.88. The maximum Gasteiger partial charge on any atom is 0.340 e. The van der Waals surface area contributed by atoms with Gasteiger partial charge in [-0.2, -0.15) is 0 Å². The molecular formula is C19H22N2O5. The van der Waals surface area contributed by atoms with Crippen molar-refractivity contribution in [1.82, 2.24) is 4.90 Å². The number of ether oxygens (including phenoxy) is 3. The van der Waals surface area contributed by atoms with Gasteiger partial charge in [0.1, 0.15) is 17.2 Å².